The van der Waals surface area contributed by atoms with Crippen LogP contribution in [0, 0.1) is 5.92 Å². The van der Waals surface area contributed by atoms with Gasteiger partial charge in [0.2, 0.25) is 5.60 Å². The number of aliphatic hydroxyl groups is 1. The first kappa shape index (κ1) is 23.1. The maximum Gasteiger partial charge on any atom is 0.424 e. The van der Waals surface area contributed by atoms with Gasteiger partial charge in [-0.05, 0) is 31.2 Å². The zero-order valence-electron chi connectivity index (χ0n) is 17.9. The Morgan fingerprint density at radius 2 is 2.03 bits per heavy atom. The largest absolute Gasteiger partial charge is 0.424 e. The number of aryl methyl sites for hydroxylation is 1. The predicted octanol–water partition coefficient (Wildman–Crippen LogP) is 3.09. The van der Waals surface area contributed by atoms with Gasteiger partial charge in [-0.15, -0.1) is 0 Å². The van der Waals surface area contributed by atoms with E-state index in [2.05, 4.69) is 32.3 Å². The number of guanidine groups is 1. The van der Waals surface area contributed by atoms with Crippen LogP contribution in [0.4, 0.5) is 13.2 Å². The fraction of sp³-hybridized carbons (Fsp3) is 0.545. The second-order valence-corrected chi connectivity index (χ2v) is 8.00. The van der Waals surface area contributed by atoms with E-state index in [1.807, 2.05) is 25.1 Å². The van der Waals surface area contributed by atoms with Gasteiger partial charge in [-0.2, -0.15) is 13.2 Å². The molecule has 0 amide bonds. The highest BCUT2D eigenvalue weighted by molar-refractivity contribution is 5.80. The van der Waals surface area contributed by atoms with Crippen molar-refractivity contribution in [3.05, 3.63) is 54.1 Å². The third-order valence-corrected chi connectivity index (χ3v) is 5.68. The van der Waals surface area contributed by atoms with Crippen LogP contribution in [0.1, 0.15) is 31.2 Å². The molecule has 1 saturated heterocycles. The number of hydrogen-bond donors (Lipinski definition) is 2. The number of aliphatic imine (C=N–C) groups is 1. The Morgan fingerprint density at radius 1 is 1.29 bits per heavy atom. The summed E-state index contributed by atoms with van der Waals surface area (Å²) in [5.74, 6) is 0.623. The number of nitrogens with one attached hydrogen (secondary N) is 1. The number of halogens is 3. The molecule has 6 nitrogen and oxygen atoms in total. The van der Waals surface area contributed by atoms with Crippen molar-refractivity contribution in [2.45, 2.75) is 38.0 Å². The SMILES string of the molecule is CCNC(=NCCC(O)(c1nccn1C)C(F)(F)F)N1CCC(Cc2ccccc2)C1. The van der Waals surface area contributed by atoms with Crippen molar-refractivity contribution in [2.24, 2.45) is 18.0 Å². The molecule has 0 aliphatic carbocycles. The molecule has 31 heavy (non-hydrogen) atoms. The van der Waals surface area contributed by atoms with Crippen molar-refractivity contribution >= 4 is 5.96 Å². The second-order valence-electron chi connectivity index (χ2n) is 8.00. The molecule has 2 N–H and O–H groups in total. The van der Waals surface area contributed by atoms with Crippen LogP contribution in [0.5, 0.6) is 0 Å². The third-order valence-electron chi connectivity index (χ3n) is 5.68. The first-order chi connectivity index (χ1) is 14.7. The molecule has 1 aliphatic rings. The lowest BCUT2D eigenvalue weighted by Crippen LogP contribution is -2.45. The van der Waals surface area contributed by atoms with Gasteiger partial charge in [-0.1, -0.05) is 30.3 Å². The Hall–Kier alpha value is -2.55. The van der Waals surface area contributed by atoms with E-state index in [1.165, 1.54) is 29.6 Å². The highest BCUT2D eigenvalue weighted by Crippen LogP contribution is 2.40. The number of nitrogens with zero attached hydrogens (tertiary/aromatic N) is 4. The van der Waals surface area contributed by atoms with E-state index in [4.69, 9.17) is 0 Å². The minimum absolute atomic E-state index is 0.176. The zero-order valence-corrected chi connectivity index (χ0v) is 17.9. The number of aromatic nitrogens is 2. The minimum Gasteiger partial charge on any atom is -0.374 e. The predicted molar refractivity (Wildman–Crippen MR) is 114 cm³/mol. The molecular formula is C22H30F3N5O. The lowest BCUT2D eigenvalue weighted by atomic mass is 9.98. The molecule has 1 fully saturated rings. The van der Waals surface area contributed by atoms with E-state index < -0.39 is 24.0 Å². The Morgan fingerprint density at radius 3 is 2.65 bits per heavy atom. The topological polar surface area (TPSA) is 65.7 Å². The fourth-order valence-electron chi connectivity index (χ4n) is 4.03. The van der Waals surface area contributed by atoms with Crippen molar-refractivity contribution in [3.63, 3.8) is 0 Å². The molecule has 0 radical (unpaired) electrons. The maximum absolute atomic E-state index is 13.7. The van der Waals surface area contributed by atoms with E-state index in [9.17, 15) is 18.3 Å². The van der Waals surface area contributed by atoms with Crippen molar-refractivity contribution in [1.29, 1.82) is 0 Å². The van der Waals surface area contributed by atoms with Crippen LogP contribution in [0.2, 0.25) is 0 Å². The summed E-state index contributed by atoms with van der Waals surface area (Å²) < 4.78 is 42.3. The molecule has 170 valence electrons. The van der Waals surface area contributed by atoms with Gasteiger partial charge >= 0.3 is 6.18 Å². The monoisotopic (exact) mass is 437 g/mol. The van der Waals surface area contributed by atoms with Gasteiger partial charge in [0, 0.05) is 52.0 Å². The normalized spacial score (nSPS) is 19.5. The molecule has 1 aromatic carbocycles. The van der Waals surface area contributed by atoms with Crippen molar-refractivity contribution in [1.82, 2.24) is 19.8 Å². The summed E-state index contributed by atoms with van der Waals surface area (Å²) in [6, 6.07) is 10.3. The lowest BCUT2D eigenvalue weighted by molar-refractivity contribution is -0.272. The number of imidazole rings is 1. The molecule has 9 heteroatoms. The standard InChI is InChI=1S/C22H30F3N5O/c1-3-26-20(30-13-9-18(16-30)15-17-7-5-4-6-8-17)28-11-10-21(31,22(23,24)25)19-27-12-14-29(19)2/h4-8,12,14,18,31H,3,9-11,13,15-16H2,1-2H3,(H,26,28). The van der Waals surface area contributed by atoms with Gasteiger partial charge in [0.1, 0.15) is 5.82 Å². The van der Waals surface area contributed by atoms with E-state index in [0.717, 1.165) is 25.9 Å². The smallest absolute Gasteiger partial charge is 0.374 e. The number of alkyl halides is 3. The summed E-state index contributed by atoms with van der Waals surface area (Å²) in [5, 5.41) is 13.7. The summed E-state index contributed by atoms with van der Waals surface area (Å²) in [5.41, 5.74) is -1.77. The van der Waals surface area contributed by atoms with Crippen LogP contribution in [0.25, 0.3) is 0 Å². The van der Waals surface area contributed by atoms with Gasteiger partial charge in [0.15, 0.2) is 5.96 Å². The third kappa shape index (κ3) is 5.39. The molecule has 1 aliphatic heterocycles. The molecule has 2 aromatic rings. The Labute approximate surface area is 180 Å². The van der Waals surface area contributed by atoms with Crippen LogP contribution in [-0.4, -0.2) is 57.9 Å². The van der Waals surface area contributed by atoms with E-state index in [1.54, 1.807) is 0 Å². The average molecular weight is 438 g/mol. The molecule has 0 spiro atoms. The summed E-state index contributed by atoms with van der Waals surface area (Å²) in [6.45, 7) is 3.95. The summed E-state index contributed by atoms with van der Waals surface area (Å²) in [6.07, 6.45) is -0.859. The van der Waals surface area contributed by atoms with Crippen LogP contribution in [-0.2, 0) is 19.1 Å². The van der Waals surface area contributed by atoms with Crippen molar-refractivity contribution < 1.29 is 18.3 Å². The highest BCUT2D eigenvalue weighted by Gasteiger charge is 2.57. The molecule has 2 atom stereocenters. The summed E-state index contributed by atoms with van der Waals surface area (Å²) >= 11 is 0. The Kier molecular flexibility index (Phi) is 7.25. The molecule has 0 saturated carbocycles. The first-order valence-corrected chi connectivity index (χ1v) is 10.6. The van der Waals surface area contributed by atoms with Crippen LogP contribution >= 0.6 is 0 Å². The van der Waals surface area contributed by atoms with Crippen LogP contribution < -0.4 is 5.32 Å². The molecule has 0 bridgehead atoms. The van der Waals surface area contributed by atoms with Gasteiger partial charge in [0.05, 0.1) is 0 Å². The van der Waals surface area contributed by atoms with E-state index in [-0.39, 0.29) is 6.54 Å². The molecule has 2 unspecified atom stereocenters. The number of likely N-dealkylation sites (tertiary alicyclic amines) is 1. The average Bonchev–Trinajstić information content (AvgIpc) is 3.36. The Bertz CT molecular complexity index is 868. The van der Waals surface area contributed by atoms with Crippen molar-refractivity contribution in [2.75, 3.05) is 26.2 Å². The van der Waals surface area contributed by atoms with Gasteiger partial charge < -0.3 is 19.9 Å². The van der Waals surface area contributed by atoms with E-state index in [0.29, 0.717) is 18.4 Å². The highest BCUT2D eigenvalue weighted by atomic mass is 19.4. The van der Waals surface area contributed by atoms with Crippen molar-refractivity contribution in [3.8, 4) is 0 Å². The van der Waals surface area contributed by atoms with Gasteiger partial charge in [0.25, 0.3) is 0 Å². The van der Waals surface area contributed by atoms with Gasteiger partial charge in [-0.3, -0.25) is 4.99 Å². The summed E-state index contributed by atoms with van der Waals surface area (Å²) in [7, 11) is 1.43. The molecular weight excluding hydrogens is 407 g/mol. The fourth-order valence-corrected chi connectivity index (χ4v) is 4.03. The zero-order chi connectivity index (χ0) is 22.5. The van der Waals surface area contributed by atoms with Gasteiger partial charge in [-0.25, -0.2) is 4.98 Å². The summed E-state index contributed by atoms with van der Waals surface area (Å²) in [4.78, 5) is 10.2. The molecule has 3 rings (SSSR count). The minimum atomic E-state index is -4.85. The maximum atomic E-state index is 13.7. The number of benzene rings is 1. The number of rotatable bonds is 7. The second kappa shape index (κ2) is 9.72. The number of hydrogen-bond acceptors (Lipinski definition) is 3. The quantitative estimate of drug-likeness (QED) is 0.516. The van der Waals surface area contributed by atoms with E-state index >= 15 is 0 Å². The lowest BCUT2D eigenvalue weighted by Gasteiger charge is -2.29. The van der Waals surface area contributed by atoms with Crippen LogP contribution in [0.3, 0.4) is 0 Å². The molecule has 2 heterocycles. The Balaban J connectivity index is 1.67. The first-order valence-electron chi connectivity index (χ1n) is 10.6. The molecule has 1 aromatic heterocycles. The van der Waals surface area contributed by atoms with Crippen LogP contribution in [0.15, 0.2) is 47.7 Å².